The molecule has 1 aliphatic rings. The summed E-state index contributed by atoms with van der Waals surface area (Å²) in [7, 11) is 0. The van der Waals surface area contributed by atoms with Gasteiger partial charge >= 0.3 is 0 Å². The minimum absolute atomic E-state index is 0.245. The summed E-state index contributed by atoms with van der Waals surface area (Å²) in [6, 6.07) is 1.70. The van der Waals surface area contributed by atoms with Gasteiger partial charge in [-0.3, -0.25) is 5.32 Å². The van der Waals surface area contributed by atoms with Gasteiger partial charge in [-0.15, -0.1) is 0 Å². The number of hydrogen-bond donors (Lipinski definition) is 1. The molecule has 0 aromatic rings. The van der Waals surface area contributed by atoms with E-state index in [0.29, 0.717) is 13.0 Å². The molecule has 1 fully saturated rings. The van der Waals surface area contributed by atoms with Crippen LogP contribution in [-0.4, -0.2) is 18.8 Å². The number of alkyl halides is 1. The van der Waals surface area contributed by atoms with Crippen LogP contribution in [0.5, 0.6) is 0 Å². The molecule has 2 nitrogen and oxygen atoms in total. The van der Waals surface area contributed by atoms with Gasteiger partial charge in [0.2, 0.25) is 0 Å². The lowest BCUT2D eigenvalue weighted by molar-refractivity contribution is 0.359. The predicted octanol–water partition coefficient (Wildman–Crippen LogP) is 1.24. The van der Waals surface area contributed by atoms with E-state index in [1.165, 1.54) is 0 Å². The maximum Gasteiger partial charge on any atom is 0.115 e. The average molecular weight is 144 g/mol. The van der Waals surface area contributed by atoms with Crippen molar-refractivity contribution in [3.8, 4) is 6.07 Å². The lowest BCUT2D eigenvalue weighted by Crippen LogP contribution is -2.18. The van der Waals surface area contributed by atoms with Crippen molar-refractivity contribution in [1.29, 1.82) is 5.26 Å². The number of rotatable bonds is 0. The highest BCUT2D eigenvalue weighted by molar-refractivity contribution is 4.96. The Balaban J connectivity index is 0.000000371. The second-order valence-electron chi connectivity index (χ2n) is 1.92. The van der Waals surface area contributed by atoms with Crippen LogP contribution in [0.25, 0.3) is 0 Å². The molecular formula is C7H13FN2. The van der Waals surface area contributed by atoms with Crippen LogP contribution in [0.3, 0.4) is 0 Å². The van der Waals surface area contributed by atoms with Crippen LogP contribution in [0.2, 0.25) is 0 Å². The first kappa shape index (κ1) is 9.38. The van der Waals surface area contributed by atoms with E-state index in [4.69, 9.17) is 5.26 Å². The van der Waals surface area contributed by atoms with Gasteiger partial charge in [0.05, 0.1) is 12.1 Å². The lowest BCUT2D eigenvalue weighted by Gasteiger charge is -1.91. The molecule has 58 valence electrons. The number of hydrogen-bond acceptors (Lipinski definition) is 2. The van der Waals surface area contributed by atoms with Crippen LogP contribution in [-0.2, 0) is 0 Å². The zero-order valence-corrected chi connectivity index (χ0v) is 6.39. The Kier molecular flexibility index (Phi) is 4.87. The molecule has 2 atom stereocenters. The first-order valence-electron chi connectivity index (χ1n) is 3.60. The van der Waals surface area contributed by atoms with E-state index < -0.39 is 6.17 Å². The molecule has 0 amide bonds. The van der Waals surface area contributed by atoms with Gasteiger partial charge in [0.15, 0.2) is 0 Å². The summed E-state index contributed by atoms with van der Waals surface area (Å²) < 4.78 is 12.1. The monoisotopic (exact) mass is 144 g/mol. The van der Waals surface area contributed by atoms with Crippen molar-refractivity contribution in [2.75, 3.05) is 6.54 Å². The third kappa shape index (κ3) is 2.79. The standard InChI is InChI=1S/C5H7FN2.C2H6/c6-4-1-5(2-7)8-3-4;1-2/h4-5,8H,1,3H2;1-2H3. The normalized spacial score (nSPS) is 30.2. The van der Waals surface area contributed by atoms with Gasteiger partial charge in [0.25, 0.3) is 0 Å². The van der Waals surface area contributed by atoms with Crippen molar-refractivity contribution in [2.24, 2.45) is 0 Å². The molecule has 0 aromatic carbocycles. The predicted molar refractivity (Wildman–Crippen MR) is 38.3 cm³/mol. The minimum Gasteiger partial charge on any atom is -0.299 e. The summed E-state index contributed by atoms with van der Waals surface area (Å²) in [5.74, 6) is 0. The molecule has 0 bridgehead atoms. The fourth-order valence-electron chi connectivity index (χ4n) is 0.791. The van der Waals surface area contributed by atoms with Crippen LogP contribution < -0.4 is 5.32 Å². The summed E-state index contributed by atoms with van der Waals surface area (Å²) in [6.07, 6.45) is -0.448. The van der Waals surface area contributed by atoms with Gasteiger partial charge in [-0.05, 0) is 0 Å². The second kappa shape index (κ2) is 5.19. The molecule has 0 spiro atoms. The van der Waals surface area contributed by atoms with Gasteiger partial charge in [-0.25, -0.2) is 4.39 Å². The van der Waals surface area contributed by atoms with Gasteiger partial charge in [-0.1, -0.05) is 13.8 Å². The maximum absolute atomic E-state index is 12.1. The third-order valence-corrected chi connectivity index (χ3v) is 1.23. The SMILES string of the molecule is CC.N#CC1CC(F)CN1. The van der Waals surface area contributed by atoms with E-state index in [1.807, 2.05) is 19.9 Å². The first-order chi connectivity index (χ1) is 4.83. The molecule has 0 aromatic heterocycles. The topological polar surface area (TPSA) is 35.8 Å². The number of nitrogens with zero attached hydrogens (tertiary/aromatic N) is 1. The molecule has 0 radical (unpaired) electrons. The van der Waals surface area contributed by atoms with E-state index in [-0.39, 0.29) is 6.04 Å². The molecular weight excluding hydrogens is 131 g/mol. The van der Waals surface area contributed by atoms with E-state index in [1.54, 1.807) is 0 Å². The Labute approximate surface area is 61.0 Å². The second-order valence-corrected chi connectivity index (χ2v) is 1.92. The van der Waals surface area contributed by atoms with Crippen LogP contribution in [0, 0.1) is 11.3 Å². The Hall–Kier alpha value is -0.620. The molecule has 0 saturated carbocycles. The number of nitriles is 1. The van der Waals surface area contributed by atoms with Crippen molar-refractivity contribution in [1.82, 2.24) is 5.32 Å². The van der Waals surface area contributed by atoms with Crippen molar-refractivity contribution < 1.29 is 4.39 Å². The molecule has 0 aliphatic carbocycles. The number of halogens is 1. The zero-order chi connectivity index (χ0) is 7.98. The smallest absolute Gasteiger partial charge is 0.115 e. The molecule has 2 unspecified atom stereocenters. The summed E-state index contributed by atoms with van der Waals surface area (Å²) in [5, 5.41) is 10.9. The van der Waals surface area contributed by atoms with Crippen LogP contribution >= 0.6 is 0 Å². The van der Waals surface area contributed by atoms with Crippen molar-refractivity contribution in [2.45, 2.75) is 32.5 Å². The Morgan fingerprint density at radius 2 is 2.20 bits per heavy atom. The van der Waals surface area contributed by atoms with Crippen LogP contribution in [0.1, 0.15) is 20.3 Å². The van der Waals surface area contributed by atoms with Crippen LogP contribution in [0.15, 0.2) is 0 Å². The Morgan fingerprint density at radius 1 is 1.60 bits per heavy atom. The highest BCUT2D eigenvalue weighted by Gasteiger charge is 2.22. The van der Waals surface area contributed by atoms with E-state index >= 15 is 0 Å². The Bertz CT molecular complexity index is 119. The van der Waals surface area contributed by atoms with E-state index in [0.717, 1.165) is 0 Å². The minimum atomic E-state index is -0.806. The molecule has 1 heterocycles. The van der Waals surface area contributed by atoms with Crippen molar-refractivity contribution in [3.63, 3.8) is 0 Å². The third-order valence-electron chi connectivity index (χ3n) is 1.23. The van der Waals surface area contributed by atoms with Gasteiger partial charge in [0, 0.05) is 13.0 Å². The van der Waals surface area contributed by atoms with E-state index in [2.05, 4.69) is 5.32 Å². The van der Waals surface area contributed by atoms with Crippen molar-refractivity contribution in [3.05, 3.63) is 0 Å². The summed E-state index contributed by atoms with van der Waals surface area (Å²) in [6.45, 7) is 4.35. The lowest BCUT2D eigenvalue weighted by atomic mass is 10.2. The largest absolute Gasteiger partial charge is 0.299 e. The quantitative estimate of drug-likeness (QED) is 0.555. The highest BCUT2D eigenvalue weighted by atomic mass is 19.1. The molecule has 1 N–H and O–H groups in total. The fraction of sp³-hybridized carbons (Fsp3) is 0.857. The van der Waals surface area contributed by atoms with Gasteiger partial charge in [0.1, 0.15) is 6.17 Å². The first-order valence-corrected chi connectivity index (χ1v) is 3.60. The summed E-state index contributed by atoms with van der Waals surface area (Å²) in [4.78, 5) is 0. The zero-order valence-electron chi connectivity index (χ0n) is 6.39. The van der Waals surface area contributed by atoms with E-state index in [9.17, 15) is 4.39 Å². The maximum atomic E-state index is 12.1. The molecule has 1 aliphatic heterocycles. The fourth-order valence-corrected chi connectivity index (χ4v) is 0.791. The average Bonchev–Trinajstić information content (AvgIpc) is 2.40. The van der Waals surface area contributed by atoms with Gasteiger partial charge < -0.3 is 0 Å². The molecule has 1 saturated heterocycles. The van der Waals surface area contributed by atoms with Crippen molar-refractivity contribution >= 4 is 0 Å². The molecule has 10 heavy (non-hydrogen) atoms. The Morgan fingerprint density at radius 3 is 2.40 bits per heavy atom. The highest BCUT2D eigenvalue weighted by Crippen LogP contribution is 2.07. The molecule has 1 rings (SSSR count). The van der Waals surface area contributed by atoms with Gasteiger partial charge in [-0.2, -0.15) is 5.26 Å². The summed E-state index contributed by atoms with van der Waals surface area (Å²) in [5.41, 5.74) is 0. The summed E-state index contributed by atoms with van der Waals surface area (Å²) >= 11 is 0. The molecule has 3 heteroatoms. The van der Waals surface area contributed by atoms with Crippen LogP contribution in [0.4, 0.5) is 4.39 Å². The number of nitrogens with one attached hydrogen (secondary N) is 1.